The minimum absolute atomic E-state index is 0.0581. The van der Waals surface area contributed by atoms with Gasteiger partial charge in [-0.15, -0.1) is 0 Å². The number of carbonyl (C=O) groups is 3. The minimum atomic E-state index is -0.723. The molecular formula is C22H29FN4O4. The third-order valence-electron chi connectivity index (χ3n) is 7.05. The number of hydrogen-bond acceptors (Lipinski definition) is 5. The van der Waals surface area contributed by atoms with Crippen LogP contribution >= 0.6 is 0 Å². The van der Waals surface area contributed by atoms with Crippen LogP contribution in [0.5, 0.6) is 0 Å². The molecule has 2 heterocycles. The Bertz CT molecular complexity index is 854. The quantitative estimate of drug-likeness (QED) is 0.453. The summed E-state index contributed by atoms with van der Waals surface area (Å²) >= 11 is 0. The highest BCUT2D eigenvalue weighted by atomic mass is 19.1. The molecule has 0 aromatic carbocycles. The number of likely N-dealkylation sites (tertiary alicyclic amines) is 1. The molecule has 4 rings (SSSR count). The third kappa shape index (κ3) is 4.87. The largest absolute Gasteiger partial charge is 0.330 e. The maximum Gasteiger partial charge on any atom is 0.248 e. The number of amides is 3. The van der Waals surface area contributed by atoms with Gasteiger partial charge in [0.05, 0.1) is 0 Å². The molecule has 31 heavy (non-hydrogen) atoms. The van der Waals surface area contributed by atoms with Gasteiger partial charge in [0, 0.05) is 25.1 Å². The molecule has 2 saturated carbocycles. The highest BCUT2D eigenvalue weighted by Crippen LogP contribution is 2.55. The predicted octanol–water partition coefficient (Wildman–Crippen LogP) is 2.63. The number of rotatable bonds is 7. The first-order valence-corrected chi connectivity index (χ1v) is 11.1. The average Bonchev–Trinajstić information content (AvgIpc) is 3.13. The molecule has 3 aliphatic rings. The fraction of sp³-hybridized carbons (Fsp3) is 0.636. The first-order chi connectivity index (χ1) is 14.9. The number of pyridine rings is 1. The van der Waals surface area contributed by atoms with Gasteiger partial charge >= 0.3 is 0 Å². The van der Waals surface area contributed by atoms with E-state index in [9.17, 15) is 18.8 Å². The summed E-state index contributed by atoms with van der Waals surface area (Å²) < 4.78 is 14.0. The van der Waals surface area contributed by atoms with Crippen molar-refractivity contribution in [3.05, 3.63) is 24.1 Å². The van der Waals surface area contributed by atoms with E-state index < -0.39 is 29.6 Å². The zero-order valence-electron chi connectivity index (χ0n) is 17.5. The first-order valence-electron chi connectivity index (χ1n) is 11.1. The lowest BCUT2D eigenvalue weighted by molar-refractivity contribution is -0.144. The van der Waals surface area contributed by atoms with E-state index in [2.05, 4.69) is 10.3 Å². The Balaban J connectivity index is 1.51. The molecule has 3 fully saturated rings. The maximum atomic E-state index is 14.0. The molecule has 3 amide bonds. The Hall–Kier alpha value is -2.55. The normalized spacial score (nSPS) is 23.0. The van der Waals surface area contributed by atoms with Crippen LogP contribution in [0, 0.1) is 23.1 Å². The van der Waals surface area contributed by atoms with Crippen LogP contribution in [0.25, 0.3) is 0 Å². The predicted molar refractivity (Wildman–Crippen MR) is 109 cm³/mol. The van der Waals surface area contributed by atoms with Gasteiger partial charge in [-0.2, -0.15) is 0 Å². The molecule has 1 aromatic rings. The number of anilines is 1. The van der Waals surface area contributed by atoms with Crippen molar-refractivity contribution < 1.29 is 24.0 Å². The average molecular weight is 432 g/mol. The van der Waals surface area contributed by atoms with Crippen LogP contribution in [-0.4, -0.2) is 45.4 Å². The molecule has 0 bridgehead atoms. The Kier molecular flexibility index (Phi) is 6.22. The highest BCUT2D eigenvalue weighted by Gasteiger charge is 2.56. The molecule has 0 radical (unpaired) electrons. The summed E-state index contributed by atoms with van der Waals surface area (Å²) in [5.41, 5.74) is 1.57. The molecule has 1 spiro atoms. The number of nitrogens with zero attached hydrogens (tertiary/aromatic N) is 2. The second-order valence-electron chi connectivity index (χ2n) is 9.33. The number of hydroxylamine groups is 1. The Morgan fingerprint density at radius 3 is 2.68 bits per heavy atom. The summed E-state index contributed by atoms with van der Waals surface area (Å²) in [5, 5.41) is 11.5. The number of carbonyl (C=O) groups excluding carboxylic acids is 3. The van der Waals surface area contributed by atoms with Crippen molar-refractivity contribution in [1.29, 1.82) is 0 Å². The third-order valence-corrected chi connectivity index (χ3v) is 7.05. The summed E-state index contributed by atoms with van der Waals surface area (Å²) in [4.78, 5) is 43.9. The van der Waals surface area contributed by atoms with Gasteiger partial charge in [-0.25, -0.2) is 14.9 Å². The van der Waals surface area contributed by atoms with E-state index in [1.54, 1.807) is 10.4 Å². The van der Waals surface area contributed by atoms with Crippen LogP contribution in [0.1, 0.15) is 57.8 Å². The molecule has 8 nitrogen and oxygen atoms in total. The Labute approximate surface area is 180 Å². The van der Waals surface area contributed by atoms with E-state index in [-0.39, 0.29) is 23.6 Å². The zero-order valence-corrected chi connectivity index (χ0v) is 17.5. The van der Waals surface area contributed by atoms with E-state index in [1.807, 2.05) is 0 Å². The molecule has 2 atom stereocenters. The molecule has 1 saturated heterocycles. The van der Waals surface area contributed by atoms with Gasteiger partial charge in [-0.3, -0.25) is 19.6 Å². The number of hydrogen-bond donors (Lipinski definition) is 3. The number of aromatic nitrogens is 1. The van der Waals surface area contributed by atoms with Crippen molar-refractivity contribution in [2.75, 3.05) is 11.9 Å². The van der Waals surface area contributed by atoms with Gasteiger partial charge in [0.1, 0.15) is 6.04 Å². The standard InChI is InChI=1S/C22H29FN4O4/c23-16-6-3-9-24-19(16)25-20(29)17-12-22(7-8-22)13-27(17)21(30)15(11-18(28)26-31)10-14-4-1-2-5-14/h3,6,9,14-15,17,31H,1-2,4-5,7-8,10-13H2,(H,26,28)(H,24,25,29)/t15?,17-/m0/s1. The highest BCUT2D eigenvalue weighted by molar-refractivity contribution is 5.98. The summed E-state index contributed by atoms with van der Waals surface area (Å²) in [7, 11) is 0. The minimum Gasteiger partial charge on any atom is -0.330 e. The zero-order chi connectivity index (χ0) is 22.0. The van der Waals surface area contributed by atoms with Crippen molar-refractivity contribution in [3.8, 4) is 0 Å². The van der Waals surface area contributed by atoms with Crippen molar-refractivity contribution in [1.82, 2.24) is 15.4 Å². The number of halogens is 1. The van der Waals surface area contributed by atoms with Crippen molar-refractivity contribution in [2.24, 2.45) is 17.3 Å². The lowest BCUT2D eigenvalue weighted by Crippen LogP contribution is -2.46. The van der Waals surface area contributed by atoms with E-state index in [4.69, 9.17) is 5.21 Å². The molecule has 3 N–H and O–H groups in total. The van der Waals surface area contributed by atoms with E-state index in [0.29, 0.717) is 25.3 Å². The fourth-order valence-electron chi connectivity index (χ4n) is 5.16. The first kappa shape index (κ1) is 21.7. The maximum absolute atomic E-state index is 14.0. The van der Waals surface area contributed by atoms with Crippen molar-refractivity contribution >= 4 is 23.5 Å². The van der Waals surface area contributed by atoms with Crippen LogP contribution in [0.3, 0.4) is 0 Å². The summed E-state index contributed by atoms with van der Waals surface area (Å²) in [6, 6.07) is 1.93. The lowest BCUT2D eigenvalue weighted by atomic mass is 9.89. The van der Waals surface area contributed by atoms with Crippen molar-refractivity contribution in [2.45, 2.75) is 63.8 Å². The number of nitrogens with one attached hydrogen (secondary N) is 2. The molecule has 1 unspecified atom stereocenters. The van der Waals surface area contributed by atoms with Gasteiger partial charge in [0.15, 0.2) is 11.6 Å². The van der Waals surface area contributed by atoms with E-state index >= 15 is 0 Å². The van der Waals surface area contributed by atoms with Gasteiger partial charge in [0.25, 0.3) is 0 Å². The lowest BCUT2D eigenvalue weighted by Gasteiger charge is -2.29. The smallest absolute Gasteiger partial charge is 0.248 e. The second-order valence-corrected chi connectivity index (χ2v) is 9.33. The topological polar surface area (TPSA) is 112 Å². The van der Waals surface area contributed by atoms with Gasteiger partial charge < -0.3 is 10.2 Å². The Morgan fingerprint density at radius 1 is 1.29 bits per heavy atom. The van der Waals surface area contributed by atoms with E-state index in [0.717, 1.165) is 38.5 Å². The molecule has 1 aromatic heterocycles. The molecule has 2 aliphatic carbocycles. The Morgan fingerprint density at radius 2 is 2.03 bits per heavy atom. The molecule has 1 aliphatic heterocycles. The molecular weight excluding hydrogens is 403 g/mol. The monoisotopic (exact) mass is 432 g/mol. The van der Waals surface area contributed by atoms with Crippen molar-refractivity contribution in [3.63, 3.8) is 0 Å². The van der Waals surface area contributed by atoms with Crippen LogP contribution < -0.4 is 10.8 Å². The molecule has 9 heteroatoms. The van der Waals surface area contributed by atoms with E-state index in [1.165, 1.54) is 18.3 Å². The van der Waals surface area contributed by atoms with Gasteiger partial charge in [0.2, 0.25) is 17.7 Å². The fourth-order valence-corrected chi connectivity index (χ4v) is 5.16. The SMILES string of the molecule is O=C(CC(CC1CCCC1)C(=O)N1CC2(CC2)C[C@H]1C(=O)Nc1ncccc1F)NO. The van der Waals surface area contributed by atoms with Crippen LogP contribution in [0.4, 0.5) is 10.2 Å². The van der Waals surface area contributed by atoms with Crippen LogP contribution in [-0.2, 0) is 14.4 Å². The summed E-state index contributed by atoms with van der Waals surface area (Å²) in [5.74, 6) is -2.31. The second kappa shape index (κ2) is 8.90. The summed E-state index contributed by atoms with van der Waals surface area (Å²) in [6.07, 6.45) is 8.56. The van der Waals surface area contributed by atoms with Gasteiger partial charge in [-0.1, -0.05) is 25.7 Å². The molecule has 168 valence electrons. The van der Waals surface area contributed by atoms with Crippen LogP contribution in [0.15, 0.2) is 18.3 Å². The summed E-state index contributed by atoms with van der Waals surface area (Å²) in [6.45, 7) is 0.469. The van der Waals surface area contributed by atoms with Gasteiger partial charge in [-0.05, 0) is 49.1 Å². The van der Waals surface area contributed by atoms with Crippen LogP contribution in [0.2, 0.25) is 0 Å².